The minimum Gasteiger partial charge on any atom is -0.362 e. The van der Waals surface area contributed by atoms with E-state index in [1.807, 2.05) is 0 Å². The fourth-order valence-electron chi connectivity index (χ4n) is 1.28. The molecule has 1 saturated heterocycles. The van der Waals surface area contributed by atoms with E-state index in [0.29, 0.717) is 0 Å². The molecule has 1 fully saturated rings. The van der Waals surface area contributed by atoms with Crippen LogP contribution >= 0.6 is 0 Å². The monoisotopic (exact) mass is 140 g/mol. The summed E-state index contributed by atoms with van der Waals surface area (Å²) >= 11 is 0. The molecule has 0 aromatic heterocycles. The Kier molecular flexibility index (Phi) is 2.38. The summed E-state index contributed by atoms with van der Waals surface area (Å²) in [5.41, 5.74) is 0. The molecule has 0 aromatic rings. The number of hydrogen-bond acceptors (Lipinski definition) is 2. The van der Waals surface area contributed by atoms with Crippen molar-refractivity contribution in [3.63, 3.8) is 0 Å². The molecule has 0 amide bonds. The lowest BCUT2D eigenvalue weighted by Gasteiger charge is -2.37. The molecule has 0 atom stereocenters. The van der Waals surface area contributed by atoms with E-state index >= 15 is 0 Å². The predicted octanol–water partition coefficient (Wildman–Crippen LogP) is -2.06. The summed E-state index contributed by atoms with van der Waals surface area (Å²) in [5, 5.41) is 0. The first-order valence-corrected chi connectivity index (χ1v) is 5.81. The van der Waals surface area contributed by atoms with Crippen LogP contribution in [0.15, 0.2) is 0 Å². The van der Waals surface area contributed by atoms with Gasteiger partial charge in [0.05, 0.1) is 0 Å². The van der Waals surface area contributed by atoms with Gasteiger partial charge in [-0.25, -0.2) is 0 Å². The van der Waals surface area contributed by atoms with Gasteiger partial charge in [0, 0.05) is 0 Å². The van der Waals surface area contributed by atoms with Crippen molar-refractivity contribution in [3.8, 4) is 0 Å². The molecule has 9 heavy (non-hydrogen) atoms. The van der Waals surface area contributed by atoms with E-state index in [2.05, 4.69) is 31.5 Å². The van der Waals surface area contributed by atoms with Crippen LogP contribution in [0.5, 0.6) is 0 Å². The molecule has 1 aliphatic heterocycles. The summed E-state index contributed by atoms with van der Waals surface area (Å²) in [6.45, 7) is 5.02. The second-order valence-electron chi connectivity index (χ2n) is 2.95. The van der Waals surface area contributed by atoms with Crippen molar-refractivity contribution in [1.29, 1.82) is 0 Å². The van der Waals surface area contributed by atoms with Crippen molar-refractivity contribution in [2.45, 2.75) is 13.0 Å². The van der Waals surface area contributed by atoms with Crippen LogP contribution in [-0.4, -0.2) is 47.1 Å². The summed E-state index contributed by atoms with van der Waals surface area (Å²) in [6.07, 6.45) is 1.35. The van der Waals surface area contributed by atoms with Gasteiger partial charge < -0.3 is 8.95 Å². The predicted molar refractivity (Wildman–Crippen MR) is 48.1 cm³/mol. The van der Waals surface area contributed by atoms with Gasteiger partial charge in [-0.3, -0.25) is 0 Å². The molecule has 0 saturated carbocycles. The van der Waals surface area contributed by atoms with Crippen molar-refractivity contribution in [2.24, 2.45) is 0 Å². The van der Waals surface area contributed by atoms with E-state index in [9.17, 15) is 0 Å². The lowest BCUT2D eigenvalue weighted by Crippen LogP contribution is -2.53. The van der Waals surface area contributed by atoms with Gasteiger partial charge in [0.25, 0.3) is 0 Å². The fourth-order valence-corrected chi connectivity index (χ4v) is 3.07. The lowest BCUT2D eigenvalue weighted by molar-refractivity contribution is 0.469. The zero-order valence-electron chi connectivity index (χ0n) is 6.59. The summed E-state index contributed by atoms with van der Waals surface area (Å²) in [4.78, 5) is 0. The molecular weight excluding hydrogens is 126 g/mol. The molecule has 1 rings (SSSR count). The number of hydrogen-bond donors (Lipinski definition) is 0. The van der Waals surface area contributed by atoms with E-state index in [0.717, 1.165) is 0 Å². The molecule has 0 radical (unpaired) electrons. The molecule has 0 N–H and O–H groups in total. The lowest BCUT2D eigenvalue weighted by atomic mass is 10.3. The molecule has 0 bridgehead atoms. The van der Waals surface area contributed by atoms with E-state index < -0.39 is 9.12 Å². The van der Waals surface area contributed by atoms with Crippen molar-refractivity contribution >= 4 is 25.1 Å². The standard InChI is InChI=1S/C4H14B2N2Si/c1-9-7(5)3-2-4-8(9)6/h9H,2-6H2,1H3. The first-order chi connectivity index (χ1) is 4.22. The smallest absolute Gasteiger partial charge is 0.178 e. The SMILES string of the molecule is BN1CCCN(B)[SiH]1C. The second kappa shape index (κ2) is 2.90. The van der Waals surface area contributed by atoms with Crippen molar-refractivity contribution in [2.75, 3.05) is 13.1 Å². The van der Waals surface area contributed by atoms with E-state index in [1.54, 1.807) is 0 Å². The first-order valence-electron chi connectivity index (χ1n) is 3.62. The Balaban J connectivity index is 2.41. The Morgan fingerprint density at radius 1 is 1.22 bits per heavy atom. The summed E-state index contributed by atoms with van der Waals surface area (Å²) in [7, 11) is 3.87. The van der Waals surface area contributed by atoms with Crippen LogP contribution in [0, 0.1) is 0 Å². The van der Waals surface area contributed by atoms with Crippen LogP contribution in [0.25, 0.3) is 0 Å². The topological polar surface area (TPSA) is 6.48 Å². The summed E-state index contributed by atoms with van der Waals surface area (Å²) in [6, 6.07) is 0. The van der Waals surface area contributed by atoms with Gasteiger partial charge in [0.15, 0.2) is 25.1 Å². The maximum absolute atomic E-state index is 2.52. The van der Waals surface area contributed by atoms with Gasteiger partial charge in [0.1, 0.15) is 0 Å². The van der Waals surface area contributed by atoms with E-state index in [4.69, 9.17) is 0 Å². The average Bonchev–Trinajstić information content (AvgIpc) is 1.83. The Hall–Kier alpha value is 0.267. The Morgan fingerprint density at radius 2 is 1.67 bits per heavy atom. The molecule has 5 heteroatoms. The van der Waals surface area contributed by atoms with Crippen LogP contribution in [0.2, 0.25) is 6.55 Å². The molecule has 0 spiro atoms. The van der Waals surface area contributed by atoms with Gasteiger partial charge >= 0.3 is 0 Å². The third kappa shape index (κ3) is 1.60. The Bertz CT molecular complexity index is 92.6. The minimum atomic E-state index is -0.616. The molecule has 2 nitrogen and oxygen atoms in total. The van der Waals surface area contributed by atoms with Crippen LogP contribution < -0.4 is 0 Å². The van der Waals surface area contributed by atoms with Crippen molar-refractivity contribution < 1.29 is 0 Å². The second-order valence-corrected chi connectivity index (χ2v) is 5.97. The first kappa shape index (κ1) is 7.37. The maximum Gasteiger partial charge on any atom is 0.178 e. The Morgan fingerprint density at radius 3 is 2.00 bits per heavy atom. The number of nitrogens with zero attached hydrogens (tertiary/aromatic N) is 2. The molecule has 0 aliphatic carbocycles. The van der Waals surface area contributed by atoms with Gasteiger partial charge in [-0.2, -0.15) is 0 Å². The maximum atomic E-state index is 2.52. The minimum absolute atomic E-state index is 0.616. The molecule has 1 heterocycles. The molecule has 50 valence electrons. The average molecular weight is 140 g/mol. The normalized spacial score (nSPS) is 26.8. The highest BCUT2D eigenvalue weighted by molar-refractivity contribution is 6.62. The van der Waals surface area contributed by atoms with Crippen LogP contribution in [0.4, 0.5) is 0 Å². The molecule has 1 aliphatic rings. The summed E-state index contributed by atoms with van der Waals surface area (Å²) < 4.78 is 5.03. The zero-order valence-corrected chi connectivity index (χ0v) is 7.75. The van der Waals surface area contributed by atoms with E-state index in [-0.39, 0.29) is 0 Å². The highest BCUT2D eigenvalue weighted by Crippen LogP contribution is 2.03. The largest absolute Gasteiger partial charge is 0.362 e. The third-order valence-corrected chi connectivity index (χ3v) is 5.37. The van der Waals surface area contributed by atoms with Crippen molar-refractivity contribution in [1.82, 2.24) is 8.95 Å². The van der Waals surface area contributed by atoms with Gasteiger partial charge in [-0.05, 0) is 26.1 Å². The highest BCUT2D eigenvalue weighted by Gasteiger charge is 2.19. The fraction of sp³-hybridized carbons (Fsp3) is 1.00. The molecular formula is C4H14B2N2Si. The molecule has 0 aromatic carbocycles. The van der Waals surface area contributed by atoms with Crippen LogP contribution in [-0.2, 0) is 0 Å². The highest BCUT2D eigenvalue weighted by atomic mass is 28.3. The van der Waals surface area contributed by atoms with Crippen molar-refractivity contribution in [3.05, 3.63) is 0 Å². The van der Waals surface area contributed by atoms with Gasteiger partial charge in [-0.15, -0.1) is 0 Å². The van der Waals surface area contributed by atoms with Crippen LogP contribution in [0.3, 0.4) is 0 Å². The van der Waals surface area contributed by atoms with Gasteiger partial charge in [-0.1, -0.05) is 0 Å². The quantitative estimate of drug-likeness (QED) is 0.357. The third-order valence-electron chi connectivity index (χ3n) is 2.30. The van der Waals surface area contributed by atoms with E-state index in [1.165, 1.54) is 19.5 Å². The Labute approximate surface area is 60.8 Å². The zero-order chi connectivity index (χ0) is 6.85. The number of rotatable bonds is 0. The molecule has 0 unspecified atom stereocenters. The van der Waals surface area contributed by atoms with Gasteiger partial charge in [0.2, 0.25) is 0 Å². The van der Waals surface area contributed by atoms with Crippen LogP contribution in [0.1, 0.15) is 6.42 Å². The summed E-state index contributed by atoms with van der Waals surface area (Å²) in [5.74, 6) is 0.